The van der Waals surface area contributed by atoms with E-state index >= 15 is 0 Å². The van der Waals surface area contributed by atoms with Crippen LogP contribution in [-0.4, -0.2) is 47.5 Å². The summed E-state index contributed by atoms with van der Waals surface area (Å²) in [6, 6.07) is 1.84. The second-order valence-electron chi connectivity index (χ2n) is 5.50. The van der Waals surface area contributed by atoms with Crippen LogP contribution in [0.15, 0.2) is 16.7 Å². The van der Waals surface area contributed by atoms with Crippen molar-refractivity contribution in [2.24, 2.45) is 11.7 Å². The number of aryl methyl sites for hydroxylation is 1. The van der Waals surface area contributed by atoms with Crippen molar-refractivity contribution < 1.29 is 9.59 Å². The number of carbonyl (C=O) groups is 2. The maximum atomic E-state index is 12.7. The van der Waals surface area contributed by atoms with Crippen LogP contribution in [-0.2, 0) is 11.3 Å². The number of carbonyl (C=O) groups excluding carboxylic acids is 2. The molecule has 0 aromatic carbocycles. The summed E-state index contributed by atoms with van der Waals surface area (Å²) in [5.74, 6) is -0.156. The van der Waals surface area contributed by atoms with E-state index in [9.17, 15) is 9.59 Å². The van der Waals surface area contributed by atoms with Gasteiger partial charge in [0.1, 0.15) is 5.69 Å². The van der Waals surface area contributed by atoms with Crippen LogP contribution >= 0.6 is 15.9 Å². The van der Waals surface area contributed by atoms with E-state index in [4.69, 9.17) is 5.73 Å². The van der Waals surface area contributed by atoms with Gasteiger partial charge in [0.05, 0.1) is 5.92 Å². The zero-order chi connectivity index (χ0) is 16.1. The molecule has 0 spiro atoms. The third-order valence-corrected chi connectivity index (χ3v) is 4.38. The average Bonchev–Trinajstić information content (AvgIpc) is 2.92. The summed E-state index contributed by atoms with van der Waals surface area (Å²) in [5.41, 5.74) is 6.07. The number of hydrogen-bond acceptors (Lipinski definition) is 3. The molecular weight excluding hydrogens is 348 g/mol. The SMILES string of the molecule is CCn1cc(Br)cc1C(=O)N1CCCC(C(=O)NCCN)C1. The van der Waals surface area contributed by atoms with Gasteiger partial charge in [-0.3, -0.25) is 9.59 Å². The van der Waals surface area contributed by atoms with Gasteiger partial charge in [0.15, 0.2) is 0 Å². The van der Waals surface area contributed by atoms with Crippen LogP contribution in [0.5, 0.6) is 0 Å². The Bertz CT molecular complexity index is 544. The second kappa shape index (κ2) is 7.78. The number of piperidine rings is 1. The van der Waals surface area contributed by atoms with Crippen LogP contribution in [0.3, 0.4) is 0 Å². The normalized spacial score (nSPS) is 18.3. The van der Waals surface area contributed by atoms with Gasteiger partial charge in [0.25, 0.3) is 5.91 Å². The molecule has 2 amide bonds. The molecule has 1 fully saturated rings. The first-order chi connectivity index (χ1) is 10.6. The molecule has 0 saturated carbocycles. The van der Waals surface area contributed by atoms with Crippen molar-refractivity contribution in [1.29, 1.82) is 0 Å². The molecule has 2 heterocycles. The minimum atomic E-state index is -0.141. The number of nitrogens with two attached hydrogens (primary N) is 1. The number of amides is 2. The molecule has 7 heteroatoms. The summed E-state index contributed by atoms with van der Waals surface area (Å²) < 4.78 is 2.82. The lowest BCUT2D eigenvalue weighted by Gasteiger charge is -2.32. The molecule has 0 radical (unpaired) electrons. The Balaban J connectivity index is 2.05. The van der Waals surface area contributed by atoms with E-state index in [1.165, 1.54) is 0 Å². The highest BCUT2D eigenvalue weighted by molar-refractivity contribution is 9.10. The third kappa shape index (κ3) is 3.89. The van der Waals surface area contributed by atoms with Gasteiger partial charge in [-0.15, -0.1) is 0 Å². The fourth-order valence-corrected chi connectivity index (χ4v) is 3.26. The number of hydrogen-bond donors (Lipinski definition) is 2. The van der Waals surface area contributed by atoms with Crippen molar-refractivity contribution in [1.82, 2.24) is 14.8 Å². The topological polar surface area (TPSA) is 80.4 Å². The molecule has 122 valence electrons. The molecule has 1 aliphatic heterocycles. The quantitative estimate of drug-likeness (QED) is 0.816. The maximum absolute atomic E-state index is 12.7. The summed E-state index contributed by atoms with van der Waals surface area (Å²) in [6.45, 7) is 4.82. The Hall–Kier alpha value is -1.34. The number of likely N-dealkylation sites (tertiary alicyclic amines) is 1. The number of nitrogens with zero attached hydrogens (tertiary/aromatic N) is 2. The molecule has 2 rings (SSSR count). The Labute approximate surface area is 139 Å². The first kappa shape index (κ1) is 17.0. The predicted octanol–water partition coefficient (Wildman–Crippen LogP) is 1.20. The van der Waals surface area contributed by atoms with Gasteiger partial charge in [0, 0.05) is 43.4 Å². The van der Waals surface area contributed by atoms with Crippen LogP contribution in [0.25, 0.3) is 0 Å². The van der Waals surface area contributed by atoms with Crippen LogP contribution in [0.1, 0.15) is 30.3 Å². The molecule has 0 aliphatic carbocycles. The van der Waals surface area contributed by atoms with E-state index in [0.29, 0.717) is 31.9 Å². The zero-order valence-corrected chi connectivity index (χ0v) is 14.4. The molecule has 1 aliphatic rings. The molecule has 1 aromatic heterocycles. The predicted molar refractivity (Wildman–Crippen MR) is 88.5 cm³/mol. The van der Waals surface area contributed by atoms with Crippen molar-refractivity contribution in [3.05, 3.63) is 22.4 Å². The molecule has 0 bridgehead atoms. The van der Waals surface area contributed by atoms with Crippen LogP contribution < -0.4 is 11.1 Å². The minimum Gasteiger partial charge on any atom is -0.355 e. The molecule has 1 saturated heterocycles. The molecule has 1 unspecified atom stereocenters. The number of nitrogens with one attached hydrogen (secondary N) is 1. The van der Waals surface area contributed by atoms with Gasteiger partial charge in [-0.2, -0.15) is 0 Å². The Morgan fingerprint density at radius 3 is 2.95 bits per heavy atom. The van der Waals surface area contributed by atoms with E-state index in [0.717, 1.165) is 23.9 Å². The standard InChI is InChI=1S/C15H23BrN4O2/c1-2-19-10-12(16)8-13(19)15(22)20-7-3-4-11(9-20)14(21)18-6-5-17/h8,10-11H,2-7,9,17H2,1H3,(H,18,21). The van der Waals surface area contributed by atoms with Crippen molar-refractivity contribution in [2.75, 3.05) is 26.2 Å². The summed E-state index contributed by atoms with van der Waals surface area (Å²) in [5, 5.41) is 2.81. The zero-order valence-electron chi connectivity index (χ0n) is 12.8. The fourth-order valence-electron chi connectivity index (χ4n) is 2.79. The largest absolute Gasteiger partial charge is 0.355 e. The first-order valence-corrected chi connectivity index (χ1v) is 8.48. The highest BCUT2D eigenvalue weighted by Crippen LogP contribution is 2.21. The van der Waals surface area contributed by atoms with Gasteiger partial charge in [-0.1, -0.05) is 0 Å². The smallest absolute Gasteiger partial charge is 0.270 e. The first-order valence-electron chi connectivity index (χ1n) is 7.69. The average molecular weight is 371 g/mol. The monoisotopic (exact) mass is 370 g/mol. The Kier molecular flexibility index (Phi) is 6.02. The maximum Gasteiger partial charge on any atom is 0.270 e. The van der Waals surface area contributed by atoms with Gasteiger partial charge >= 0.3 is 0 Å². The lowest BCUT2D eigenvalue weighted by Crippen LogP contribution is -2.46. The molecule has 22 heavy (non-hydrogen) atoms. The van der Waals surface area contributed by atoms with E-state index in [1.807, 2.05) is 23.8 Å². The van der Waals surface area contributed by atoms with E-state index in [1.54, 1.807) is 4.90 Å². The summed E-state index contributed by atoms with van der Waals surface area (Å²) in [7, 11) is 0. The van der Waals surface area contributed by atoms with Crippen molar-refractivity contribution in [3.8, 4) is 0 Å². The number of rotatable bonds is 5. The fraction of sp³-hybridized carbons (Fsp3) is 0.600. The molecule has 1 aromatic rings. The van der Waals surface area contributed by atoms with Gasteiger partial charge in [-0.25, -0.2) is 0 Å². The second-order valence-corrected chi connectivity index (χ2v) is 6.42. The summed E-state index contributed by atoms with van der Waals surface area (Å²) >= 11 is 3.41. The molecule has 6 nitrogen and oxygen atoms in total. The lowest BCUT2D eigenvalue weighted by molar-refractivity contribution is -0.126. The highest BCUT2D eigenvalue weighted by atomic mass is 79.9. The van der Waals surface area contributed by atoms with E-state index in [-0.39, 0.29) is 17.7 Å². The van der Waals surface area contributed by atoms with Crippen molar-refractivity contribution in [3.63, 3.8) is 0 Å². The summed E-state index contributed by atoms with van der Waals surface area (Å²) in [6.07, 6.45) is 3.57. The molecular formula is C15H23BrN4O2. The number of aromatic nitrogens is 1. The van der Waals surface area contributed by atoms with Gasteiger partial charge < -0.3 is 20.5 Å². The number of halogens is 1. The Morgan fingerprint density at radius 2 is 2.27 bits per heavy atom. The van der Waals surface area contributed by atoms with Crippen molar-refractivity contribution in [2.45, 2.75) is 26.3 Å². The van der Waals surface area contributed by atoms with Crippen LogP contribution in [0.2, 0.25) is 0 Å². The van der Waals surface area contributed by atoms with Crippen LogP contribution in [0, 0.1) is 5.92 Å². The highest BCUT2D eigenvalue weighted by Gasteiger charge is 2.29. The Morgan fingerprint density at radius 1 is 1.50 bits per heavy atom. The van der Waals surface area contributed by atoms with E-state index < -0.39 is 0 Å². The lowest BCUT2D eigenvalue weighted by atomic mass is 9.97. The molecule has 3 N–H and O–H groups in total. The van der Waals surface area contributed by atoms with Crippen molar-refractivity contribution >= 4 is 27.7 Å². The van der Waals surface area contributed by atoms with E-state index in [2.05, 4.69) is 21.2 Å². The summed E-state index contributed by atoms with van der Waals surface area (Å²) in [4.78, 5) is 26.6. The van der Waals surface area contributed by atoms with Gasteiger partial charge in [-0.05, 0) is 41.8 Å². The van der Waals surface area contributed by atoms with Crippen LogP contribution in [0.4, 0.5) is 0 Å². The third-order valence-electron chi connectivity index (χ3n) is 3.95. The molecule has 1 atom stereocenters. The van der Waals surface area contributed by atoms with Gasteiger partial charge in [0.2, 0.25) is 5.91 Å². The minimum absolute atomic E-state index is 0.00463.